The van der Waals surface area contributed by atoms with Crippen LogP contribution in [0.3, 0.4) is 0 Å². The van der Waals surface area contributed by atoms with Crippen LogP contribution in [0.15, 0.2) is 42.5 Å². The number of likely N-dealkylation sites (tertiary alicyclic amines) is 1. The van der Waals surface area contributed by atoms with Gasteiger partial charge in [0.1, 0.15) is 11.6 Å². The van der Waals surface area contributed by atoms with Crippen molar-refractivity contribution in [2.24, 2.45) is 5.92 Å². The van der Waals surface area contributed by atoms with Crippen LogP contribution in [0.2, 0.25) is 0 Å². The van der Waals surface area contributed by atoms with Crippen LogP contribution < -0.4 is 10.1 Å². The van der Waals surface area contributed by atoms with Crippen molar-refractivity contribution in [2.75, 3.05) is 26.7 Å². The molecule has 1 fully saturated rings. The number of ether oxygens (including phenoxy) is 1. The maximum Gasteiger partial charge on any atom is 0.224 e. The van der Waals surface area contributed by atoms with E-state index in [0.717, 1.165) is 42.9 Å². The van der Waals surface area contributed by atoms with Crippen LogP contribution in [0.25, 0.3) is 0 Å². The smallest absolute Gasteiger partial charge is 0.224 e. The second kappa shape index (κ2) is 9.20. The maximum absolute atomic E-state index is 13.7. The van der Waals surface area contributed by atoms with E-state index < -0.39 is 0 Å². The van der Waals surface area contributed by atoms with Crippen molar-refractivity contribution in [1.29, 1.82) is 0 Å². The van der Waals surface area contributed by atoms with Crippen LogP contribution in [0, 0.1) is 18.7 Å². The van der Waals surface area contributed by atoms with Crippen molar-refractivity contribution in [1.82, 2.24) is 10.2 Å². The third-order valence-electron chi connectivity index (χ3n) is 5.44. The fourth-order valence-corrected chi connectivity index (χ4v) is 4.02. The van der Waals surface area contributed by atoms with E-state index in [4.69, 9.17) is 4.74 Å². The Hall–Kier alpha value is -2.40. The number of aryl methyl sites for hydroxylation is 1. The first kappa shape index (κ1) is 20.3. The number of carbonyl (C=O) groups excluding carboxylic acids is 1. The number of carbonyl (C=O) groups is 1. The third kappa shape index (κ3) is 4.90. The number of nitrogens with one attached hydrogen (secondary N) is 1. The zero-order chi connectivity index (χ0) is 20.1. The summed E-state index contributed by atoms with van der Waals surface area (Å²) in [4.78, 5) is 14.9. The highest BCUT2D eigenvalue weighted by Gasteiger charge is 2.32. The van der Waals surface area contributed by atoms with Crippen molar-refractivity contribution >= 4 is 5.91 Å². The second-order valence-corrected chi connectivity index (χ2v) is 7.58. The molecule has 4 nitrogen and oxygen atoms in total. The van der Waals surface area contributed by atoms with E-state index in [1.54, 1.807) is 14.0 Å². The summed E-state index contributed by atoms with van der Waals surface area (Å²) in [7, 11) is 1.66. The van der Waals surface area contributed by atoms with Gasteiger partial charge in [-0.15, -0.1) is 0 Å². The van der Waals surface area contributed by atoms with Gasteiger partial charge in [0, 0.05) is 26.2 Å². The standard InChI is InChI=1S/C23H29FN2O2/c1-4-25-23(27)20-12-19(18-8-9-22(24)16(2)10-18)14-26(15-20)13-17-6-5-7-21(11-17)28-3/h5-11,19-20H,4,12-15H2,1-3H3,(H,25,27)/t19-,20+/m1/s1. The fourth-order valence-electron chi connectivity index (χ4n) is 4.02. The molecule has 0 bridgehead atoms. The minimum Gasteiger partial charge on any atom is -0.497 e. The average Bonchev–Trinajstić information content (AvgIpc) is 2.70. The summed E-state index contributed by atoms with van der Waals surface area (Å²) in [6.07, 6.45) is 0.783. The maximum atomic E-state index is 13.7. The van der Waals surface area contributed by atoms with Crippen LogP contribution in [0.4, 0.5) is 4.39 Å². The Morgan fingerprint density at radius 3 is 2.79 bits per heavy atom. The summed E-state index contributed by atoms with van der Waals surface area (Å²) in [6, 6.07) is 13.3. The average molecular weight is 384 g/mol. The molecule has 2 aromatic carbocycles. The number of benzene rings is 2. The molecule has 3 rings (SSSR count). The lowest BCUT2D eigenvalue weighted by Gasteiger charge is -2.37. The molecule has 2 atom stereocenters. The van der Waals surface area contributed by atoms with Gasteiger partial charge in [0.25, 0.3) is 0 Å². The van der Waals surface area contributed by atoms with Gasteiger partial charge in [-0.3, -0.25) is 9.69 Å². The summed E-state index contributed by atoms with van der Waals surface area (Å²) < 4.78 is 19.1. The first-order chi connectivity index (χ1) is 13.5. The van der Waals surface area contributed by atoms with Gasteiger partial charge in [-0.25, -0.2) is 4.39 Å². The molecule has 1 amide bonds. The van der Waals surface area contributed by atoms with Gasteiger partial charge in [-0.2, -0.15) is 0 Å². The predicted octanol–water partition coefficient (Wildman–Crippen LogP) is 3.88. The van der Waals surface area contributed by atoms with E-state index in [1.807, 2.05) is 37.3 Å². The number of hydrogen-bond acceptors (Lipinski definition) is 3. The number of halogens is 1. The number of hydrogen-bond donors (Lipinski definition) is 1. The molecule has 1 aliphatic rings. The molecule has 1 aliphatic heterocycles. The van der Waals surface area contributed by atoms with Gasteiger partial charge in [-0.05, 0) is 61.1 Å². The first-order valence-electron chi connectivity index (χ1n) is 9.89. The van der Waals surface area contributed by atoms with Crippen molar-refractivity contribution in [3.63, 3.8) is 0 Å². The van der Waals surface area contributed by atoms with Gasteiger partial charge in [0.05, 0.1) is 13.0 Å². The third-order valence-corrected chi connectivity index (χ3v) is 5.44. The summed E-state index contributed by atoms with van der Waals surface area (Å²) in [6.45, 7) is 6.68. The highest BCUT2D eigenvalue weighted by atomic mass is 19.1. The largest absolute Gasteiger partial charge is 0.497 e. The Kier molecular flexibility index (Phi) is 6.68. The van der Waals surface area contributed by atoms with Gasteiger partial charge in [0.2, 0.25) is 5.91 Å². The Bertz CT molecular complexity index is 824. The molecule has 1 N–H and O–H groups in total. The lowest BCUT2D eigenvalue weighted by atomic mass is 9.83. The van der Waals surface area contributed by atoms with Gasteiger partial charge < -0.3 is 10.1 Å². The number of rotatable bonds is 6. The first-order valence-corrected chi connectivity index (χ1v) is 9.89. The molecule has 2 aromatic rings. The van der Waals surface area contributed by atoms with Crippen LogP contribution in [0.5, 0.6) is 5.75 Å². The van der Waals surface area contributed by atoms with E-state index in [1.165, 1.54) is 6.07 Å². The van der Waals surface area contributed by atoms with Crippen molar-refractivity contribution in [3.05, 3.63) is 65.0 Å². The molecular weight excluding hydrogens is 355 g/mol. The number of methoxy groups -OCH3 is 1. The van der Waals surface area contributed by atoms with Crippen molar-refractivity contribution in [2.45, 2.75) is 32.7 Å². The Balaban J connectivity index is 1.82. The molecule has 150 valence electrons. The minimum atomic E-state index is -0.187. The summed E-state index contributed by atoms with van der Waals surface area (Å²) in [5, 5.41) is 2.96. The Morgan fingerprint density at radius 2 is 2.07 bits per heavy atom. The topological polar surface area (TPSA) is 41.6 Å². The van der Waals surface area contributed by atoms with Crippen molar-refractivity contribution < 1.29 is 13.9 Å². The molecule has 0 aromatic heterocycles. The fraction of sp³-hybridized carbons (Fsp3) is 0.435. The zero-order valence-electron chi connectivity index (χ0n) is 16.9. The molecular formula is C23H29FN2O2. The minimum absolute atomic E-state index is 0.0744. The lowest BCUT2D eigenvalue weighted by Crippen LogP contribution is -2.45. The molecule has 1 saturated heterocycles. The number of piperidine rings is 1. The quantitative estimate of drug-likeness (QED) is 0.822. The monoisotopic (exact) mass is 384 g/mol. The van der Waals surface area contributed by atoms with E-state index in [2.05, 4.69) is 16.3 Å². The molecule has 1 heterocycles. The Labute approximate surface area is 166 Å². The zero-order valence-corrected chi connectivity index (χ0v) is 16.9. The van der Waals surface area contributed by atoms with E-state index in [9.17, 15) is 9.18 Å². The van der Waals surface area contributed by atoms with Gasteiger partial charge in [-0.1, -0.05) is 24.3 Å². The number of amides is 1. The summed E-state index contributed by atoms with van der Waals surface area (Å²) in [5.74, 6) is 0.871. The second-order valence-electron chi connectivity index (χ2n) is 7.58. The number of nitrogens with zero attached hydrogens (tertiary/aromatic N) is 1. The predicted molar refractivity (Wildman–Crippen MR) is 109 cm³/mol. The molecule has 0 spiro atoms. The van der Waals surface area contributed by atoms with E-state index in [0.29, 0.717) is 12.1 Å². The van der Waals surface area contributed by atoms with Crippen LogP contribution in [-0.2, 0) is 11.3 Å². The normalized spacial score (nSPS) is 20.0. The van der Waals surface area contributed by atoms with Crippen LogP contribution >= 0.6 is 0 Å². The van der Waals surface area contributed by atoms with Crippen LogP contribution in [0.1, 0.15) is 36.0 Å². The van der Waals surface area contributed by atoms with Crippen molar-refractivity contribution in [3.8, 4) is 5.75 Å². The molecule has 0 saturated carbocycles. The molecule has 0 aliphatic carbocycles. The molecule has 0 unspecified atom stereocenters. The van der Waals surface area contributed by atoms with E-state index in [-0.39, 0.29) is 23.6 Å². The molecule has 28 heavy (non-hydrogen) atoms. The van der Waals surface area contributed by atoms with Gasteiger partial charge in [0.15, 0.2) is 0 Å². The summed E-state index contributed by atoms with van der Waals surface area (Å²) in [5.41, 5.74) is 2.91. The SMILES string of the molecule is CCNC(=O)[C@H]1C[C@@H](c2ccc(F)c(C)c2)CN(Cc2cccc(OC)c2)C1. The molecule has 0 radical (unpaired) electrons. The lowest BCUT2D eigenvalue weighted by molar-refractivity contribution is -0.127. The highest BCUT2D eigenvalue weighted by molar-refractivity contribution is 5.79. The summed E-state index contributed by atoms with van der Waals surface area (Å²) >= 11 is 0. The highest BCUT2D eigenvalue weighted by Crippen LogP contribution is 2.32. The van der Waals surface area contributed by atoms with E-state index >= 15 is 0 Å². The molecule has 5 heteroatoms. The van der Waals surface area contributed by atoms with Crippen LogP contribution in [-0.4, -0.2) is 37.6 Å². The van der Waals surface area contributed by atoms with Gasteiger partial charge >= 0.3 is 0 Å². The Morgan fingerprint density at radius 1 is 1.25 bits per heavy atom.